The second-order valence-electron chi connectivity index (χ2n) is 7.69. The van der Waals surface area contributed by atoms with Crippen LogP contribution in [0.15, 0.2) is 41.4 Å². The largest absolute Gasteiger partial charge is 0.490 e. The van der Waals surface area contributed by atoms with E-state index in [0.717, 1.165) is 18.5 Å². The van der Waals surface area contributed by atoms with E-state index in [-0.39, 0.29) is 16.1 Å². The number of anilines is 2. The van der Waals surface area contributed by atoms with Crippen molar-refractivity contribution in [2.24, 2.45) is 0 Å². The molecule has 14 heteroatoms. The van der Waals surface area contributed by atoms with Gasteiger partial charge >= 0.3 is 18.1 Å². The maximum Gasteiger partial charge on any atom is 0.490 e. The summed E-state index contributed by atoms with van der Waals surface area (Å²) in [6.45, 7) is 5.82. The molecule has 0 aliphatic carbocycles. The van der Waals surface area contributed by atoms with Crippen LogP contribution in [0.1, 0.15) is 29.8 Å². The molecule has 0 saturated heterocycles. The van der Waals surface area contributed by atoms with E-state index in [1.807, 2.05) is 37.7 Å². The third-order valence-corrected chi connectivity index (χ3v) is 6.13. The number of benzene rings is 1. The Balaban J connectivity index is 0.000000809. The summed E-state index contributed by atoms with van der Waals surface area (Å²) in [5, 5.41) is 16.8. The highest BCUT2D eigenvalue weighted by Gasteiger charge is 2.38. The molecular weight excluding hydrogens is 505 g/mol. The van der Waals surface area contributed by atoms with Crippen molar-refractivity contribution in [3.8, 4) is 0 Å². The fourth-order valence-corrected chi connectivity index (χ4v) is 3.81. The van der Waals surface area contributed by atoms with E-state index in [1.165, 1.54) is 24.4 Å². The molecule has 0 atom stereocenters. The zero-order valence-corrected chi connectivity index (χ0v) is 21.0. The molecule has 0 aliphatic rings. The molecule has 0 unspecified atom stereocenters. The SMILES string of the molecule is CCc1ccc(S(=O)(=O)Nc2cnc(N(CC)CCN(C)C)c(C(=O)O)c2)cc1.O=C(O)C(F)(F)F. The van der Waals surface area contributed by atoms with Crippen LogP contribution in [0.4, 0.5) is 24.7 Å². The Morgan fingerprint density at radius 2 is 1.61 bits per heavy atom. The summed E-state index contributed by atoms with van der Waals surface area (Å²) in [5.41, 5.74) is 1.09. The summed E-state index contributed by atoms with van der Waals surface area (Å²) >= 11 is 0. The zero-order chi connectivity index (χ0) is 27.7. The van der Waals surface area contributed by atoms with Crippen molar-refractivity contribution in [2.75, 3.05) is 43.4 Å². The van der Waals surface area contributed by atoms with Crippen LogP contribution in [0.3, 0.4) is 0 Å². The van der Waals surface area contributed by atoms with E-state index in [2.05, 4.69) is 9.71 Å². The van der Waals surface area contributed by atoms with Crippen molar-refractivity contribution in [1.82, 2.24) is 9.88 Å². The van der Waals surface area contributed by atoms with Gasteiger partial charge in [0.15, 0.2) is 0 Å². The lowest BCUT2D eigenvalue weighted by Gasteiger charge is -2.25. The average molecular weight is 535 g/mol. The topological polar surface area (TPSA) is 140 Å². The highest BCUT2D eigenvalue weighted by atomic mass is 32.2. The van der Waals surface area contributed by atoms with Gasteiger partial charge in [-0.15, -0.1) is 0 Å². The Hall–Kier alpha value is -3.39. The molecule has 1 heterocycles. The van der Waals surface area contributed by atoms with E-state index < -0.39 is 28.1 Å². The smallest absolute Gasteiger partial charge is 0.478 e. The number of likely N-dealkylation sites (N-methyl/N-ethyl adjacent to an activating group) is 2. The lowest BCUT2D eigenvalue weighted by atomic mass is 10.2. The number of alkyl halides is 3. The molecule has 2 rings (SSSR count). The molecule has 0 amide bonds. The fourth-order valence-electron chi connectivity index (χ4n) is 2.78. The molecular formula is C22H29F3N4O6S. The average Bonchev–Trinajstić information content (AvgIpc) is 2.79. The standard InChI is InChI=1S/C20H28N4O4S.C2HF3O2/c1-5-15-7-9-17(10-8-15)29(27,28)22-16-13-18(20(25)26)19(21-14-16)24(6-2)12-11-23(3)4;3-2(4,5)1(6)7/h7-10,13-14,22H,5-6,11-12H2,1-4H3,(H,25,26);(H,6,7). The number of carboxylic acids is 2. The number of nitrogens with one attached hydrogen (secondary N) is 1. The molecule has 1 aromatic carbocycles. The molecule has 36 heavy (non-hydrogen) atoms. The predicted molar refractivity (Wildman–Crippen MR) is 128 cm³/mol. The first-order valence-corrected chi connectivity index (χ1v) is 12.2. The summed E-state index contributed by atoms with van der Waals surface area (Å²) in [6, 6.07) is 7.87. The first kappa shape index (κ1) is 30.6. The first-order chi connectivity index (χ1) is 16.6. The van der Waals surface area contributed by atoms with Gasteiger partial charge in [-0.1, -0.05) is 19.1 Å². The normalized spacial score (nSPS) is 11.4. The van der Waals surface area contributed by atoms with E-state index in [0.29, 0.717) is 18.9 Å². The second-order valence-corrected chi connectivity index (χ2v) is 9.37. The molecule has 0 aliphatic heterocycles. The van der Waals surface area contributed by atoms with Crippen molar-refractivity contribution in [3.05, 3.63) is 47.7 Å². The summed E-state index contributed by atoms with van der Waals surface area (Å²) in [4.78, 5) is 28.9. The summed E-state index contributed by atoms with van der Waals surface area (Å²) in [6.07, 6.45) is -2.93. The molecule has 10 nitrogen and oxygen atoms in total. The maximum absolute atomic E-state index is 12.6. The highest BCUT2D eigenvalue weighted by Crippen LogP contribution is 2.24. The number of nitrogens with zero attached hydrogens (tertiary/aromatic N) is 3. The number of pyridine rings is 1. The Bertz CT molecular complexity index is 1140. The Kier molecular flexibility index (Phi) is 11.1. The van der Waals surface area contributed by atoms with Crippen LogP contribution < -0.4 is 9.62 Å². The van der Waals surface area contributed by atoms with Crippen molar-refractivity contribution in [3.63, 3.8) is 0 Å². The van der Waals surface area contributed by atoms with Gasteiger partial charge in [0.05, 0.1) is 16.8 Å². The van der Waals surface area contributed by atoms with Crippen molar-refractivity contribution in [2.45, 2.75) is 31.3 Å². The summed E-state index contributed by atoms with van der Waals surface area (Å²) in [7, 11) is 0.0255. The van der Waals surface area contributed by atoms with Gasteiger partial charge in [0.2, 0.25) is 0 Å². The van der Waals surface area contributed by atoms with Crippen molar-refractivity contribution >= 4 is 33.5 Å². The molecule has 200 valence electrons. The Morgan fingerprint density at radius 3 is 2.03 bits per heavy atom. The van der Waals surface area contributed by atoms with Gasteiger partial charge in [0.25, 0.3) is 10.0 Å². The van der Waals surface area contributed by atoms with Crippen LogP contribution in [0.25, 0.3) is 0 Å². The van der Waals surface area contributed by atoms with Gasteiger partial charge < -0.3 is 20.0 Å². The molecule has 1 aromatic heterocycles. The number of rotatable bonds is 10. The third-order valence-electron chi connectivity index (χ3n) is 4.73. The number of halogens is 3. The number of aryl methyl sites for hydroxylation is 1. The molecule has 0 spiro atoms. The number of aromatic carboxylic acids is 1. The van der Waals surface area contributed by atoms with Crippen LogP contribution in [-0.4, -0.2) is 80.4 Å². The summed E-state index contributed by atoms with van der Waals surface area (Å²) < 4.78 is 59.4. The van der Waals surface area contributed by atoms with Crippen LogP contribution in [-0.2, 0) is 21.2 Å². The zero-order valence-electron chi connectivity index (χ0n) is 20.2. The molecule has 0 saturated carbocycles. The minimum absolute atomic E-state index is 0.0489. The van der Waals surface area contributed by atoms with E-state index in [9.17, 15) is 31.5 Å². The quantitative estimate of drug-likeness (QED) is 0.419. The molecule has 2 aromatic rings. The van der Waals surface area contributed by atoms with E-state index in [4.69, 9.17) is 9.90 Å². The predicted octanol–water partition coefficient (Wildman–Crippen LogP) is 3.16. The number of hydrogen-bond donors (Lipinski definition) is 3. The van der Waals surface area contributed by atoms with Crippen molar-refractivity contribution < 1.29 is 41.4 Å². The van der Waals surface area contributed by atoms with Crippen LogP contribution in [0.5, 0.6) is 0 Å². The van der Waals surface area contributed by atoms with Gasteiger partial charge in [-0.25, -0.2) is 23.0 Å². The van der Waals surface area contributed by atoms with Crippen LogP contribution in [0.2, 0.25) is 0 Å². The maximum atomic E-state index is 12.6. The molecule has 0 fully saturated rings. The van der Waals surface area contributed by atoms with Gasteiger partial charge in [-0.2, -0.15) is 13.2 Å². The van der Waals surface area contributed by atoms with Gasteiger partial charge in [0.1, 0.15) is 11.4 Å². The lowest BCUT2D eigenvalue weighted by molar-refractivity contribution is -0.192. The molecule has 0 bridgehead atoms. The minimum Gasteiger partial charge on any atom is -0.478 e. The monoisotopic (exact) mass is 534 g/mol. The number of aromatic nitrogens is 1. The van der Waals surface area contributed by atoms with E-state index in [1.54, 1.807) is 12.1 Å². The highest BCUT2D eigenvalue weighted by molar-refractivity contribution is 7.92. The molecule has 0 radical (unpaired) electrons. The number of hydrogen-bond acceptors (Lipinski definition) is 7. The third kappa shape index (κ3) is 9.34. The Morgan fingerprint density at radius 1 is 1.06 bits per heavy atom. The minimum atomic E-state index is -5.08. The fraction of sp³-hybridized carbons (Fsp3) is 0.409. The number of sulfonamides is 1. The second kappa shape index (κ2) is 13.1. The van der Waals surface area contributed by atoms with Gasteiger partial charge in [-0.3, -0.25) is 4.72 Å². The van der Waals surface area contributed by atoms with Gasteiger partial charge in [-0.05, 0) is 51.2 Å². The number of aliphatic carboxylic acids is 1. The Labute approximate surface area is 207 Å². The van der Waals surface area contributed by atoms with Crippen LogP contribution in [0, 0.1) is 0 Å². The number of carboxylic acid groups (broad SMARTS) is 2. The first-order valence-electron chi connectivity index (χ1n) is 10.7. The van der Waals surface area contributed by atoms with E-state index >= 15 is 0 Å². The lowest BCUT2D eigenvalue weighted by Crippen LogP contribution is -2.33. The van der Waals surface area contributed by atoms with Gasteiger partial charge in [0, 0.05) is 19.6 Å². The summed E-state index contributed by atoms with van der Waals surface area (Å²) in [5.74, 6) is -3.60. The molecule has 3 N–H and O–H groups in total. The van der Waals surface area contributed by atoms with Crippen LogP contribution >= 0.6 is 0 Å². The van der Waals surface area contributed by atoms with Crippen molar-refractivity contribution in [1.29, 1.82) is 0 Å². The number of carbonyl (C=O) groups is 2.